The Hall–Kier alpha value is -1.43. The number of benzene rings is 1. The third-order valence-corrected chi connectivity index (χ3v) is 6.62. The molecule has 2 heterocycles. The van der Waals surface area contributed by atoms with Crippen LogP contribution in [0, 0.1) is 11.8 Å². The van der Waals surface area contributed by atoms with Crippen LogP contribution in [0.15, 0.2) is 42.5 Å². The predicted octanol–water partition coefficient (Wildman–Crippen LogP) is 3.77. The molecule has 4 rings (SSSR count). The molecule has 0 N–H and O–H groups in total. The molecule has 4 nitrogen and oxygen atoms in total. The Bertz CT molecular complexity index is 711. The van der Waals surface area contributed by atoms with Crippen LogP contribution >= 0.6 is 0 Å². The molecule has 0 unspecified atom stereocenters. The Kier molecular flexibility index (Phi) is 4.18. The van der Waals surface area contributed by atoms with E-state index in [0.717, 1.165) is 11.9 Å². The number of hydrogen-bond donors (Lipinski definition) is 0. The number of fused-ring (bicyclic) bond motifs is 1. The van der Waals surface area contributed by atoms with Gasteiger partial charge in [0.15, 0.2) is 5.78 Å². The SMILES string of the molecule is CC1(C)OB(C[C@H]2CO[C@]3(c4ccccc4)C=CC(=O)C[C@H]23)OC1(C)C. The number of ether oxygens (including phenoxy) is 1. The minimum absolute atomic E-state index is 0.112. The van der Waals surface area contributed by atoms with E-state index in [1.54, 1.807) is 6.08 Å². The summed E-state index contributed by atoms with van der Waals surface area (Å²) in [5, 5.41) is 0. The molecule has 26 heavy (non-hydrogen) atoms. The third-order valence-electron chi connectivity index (χ3n) is 6.62. The van der Waals surface area contributed by atoms with Gasteiger partial charge in [-0.15, -0.1) is 0 Å². The summed E-state index contributed by atoms with van der Waals surface area (Å²) in [5.74, 6) is 0.506. The zero-order chi connectivity index (χ0) is 18.6. The molecule has 138 valence electrons. The van der Waals surface area contributed by atoms with Crippen molar-refractivity contribution in [2.75, 3.05) is 6.61 Å². The van der Waals surface area contributed by atoms with Crippen molar-refractivity contribution >= 4 is 12.9 Å². The van der Waals surface area contributed by atoms with E-state index in [-0.39, 0.29) is 35.9 Å². The first-order chi connectivity index (χ1) is 12.2. The van der Waals surface area contributed by atoms with Crippen LogP contribution in [-0.4, -0.2) is 30.7 Å². The zero-order valence-electron chi connectivity index (χ0n) is 16.0. The molecular formula is C21H27BO4. The van der Waals surface area contributed by atoms with Crippen molar-refractivity contribution < 1.29 is 18.8 Å². The van der Waals surface area contributed by atoms with Crippen molar-refractivity contribution in [1.82, 2.24) is 0 Å². The molecule has 0 amide bonds. The summed E-state index contributed by atoms with van der Waals surface area (Å²) in [5.41, 5.74) is -0.0693. The molecule has 1 aliphatic carbocycles. The van der Waals surface area contributed by atoms with Gasteiger partial charge in [-0.3, -0.25) is 4.79 Å². The van der Waals surface area contributed by atoms with E-state index in [4.69, 9.17) is 14.0 Å². The van der Waals surface area contributed by atoms with Gasteiger partial charge in [0.25, 0.3) is 0 Å². The van der Waals surface area contributed by atoms with Crippen molar-refractivity contribution in [3.8, 4) is 0 Å². The molecule has 2 saturated heterocycles. The molecule has 0 saturated carbocycles. The molecule has 0 aromatic heterocycles. The lowest BCUT2D eigenvalue weighted by Crippen LogP contribution is -2.41. The van der Waals surface area contributed by atoms with Crippen LogP contribution in [0.2, 0.25) is 6.32 Å². The Morgan fingerprint density at radius 2 is 1.73 bits per heavy atom. The van der Waals surface area contributed by atoms with Crippen molar-refractivity contribution in [1.29, 1.82) is 0 Å². The lowest BCUT2D eigenvalue weighted by molar-refractivity contribution is -0.118. The second kappa shape index (κ2) is 6.05. The number of carbonyl (C=O) groups excluding carboxylic acids is 1. The Labute approximate surface area is 156 Å². The van der Waals surface area contributed by atoms with Gasteiger partial charge in [-0.25, -0.2) is 0 Å². The second-order valence-corrected chi connectivity index (χ2v) is 8.76. The molecule has 3 atom stereocenters. The molecule has 0 spiro atoms. The fraction of sp³-hybridized carbons (Fsp3) is 0.571. The maximum absolute atomic E-state index is 12.2. The summed E-state index contributed by atoms with van der Waals surface area (Å²) in [7, 11) is -0.263. The minimum Gasteiger partial charge on any atom is -0.403 e. The van der Waals surface area contributed by atoms with Crippen molar-refractivity contribution in [3.05, 3.63) is 48.0 Å². The van der Waals surface area contributed by atoms with Crippen molar-refractivity contribution in [2.24, 2.45) is 11.8 Å². The van der Waals surface area contributed by atoms with Crippen LogP contribution in [0.25, 0.3) is 0 Å². The highest BCUT2D eigenvalue weighted by Crippen LogP contribution is 2.51. The van der Waals surface area contributed by atoms with Gasteiger partial charge >= 0.3 is 7.12 Å². The lowest BCUT2D eigenvalue weighted by Gasteiger charge is -2.36. The summed E-state index contributed by atoms with van der Waals surface area (Å²) in [6, 6.07) is 10.2. The standard InChI is InChI=1S/C21H27BO4/c1-19(2)20(3,4)26-22(25-19)13-15-14-24-21(16-8-6-5-7-9-16)11-10-17(23)12-18(15)21/h5-11,15,18H,12-14H2,1-4H3/t15-,18+,21-/m0/s1. The summed E-state index contributed by atoms with van der Waals surface area (Å²) in [6.45, 7) is 8.89. The molecule has 5 heteroatoms. The summed E-state index contributed by atoms with van der Waals surface area (Å²) < 4.78 is 18.7. The number of rotatable bonds is 3. The molecule has 3 aliphatic rings. The molecule has 1 aromatic rings. The fourth-order valence-electron chi connectivity index (χ4n) is 4.44. The first-order valence-corrected chi connectivity index (χ1v) is 9.51. The van der Waals surface area contributed by atoms with E-state index < -0.39 is 5.60 Å². The lowest BCUT2D eigenvalue weighted by atomic mass is 9.65. The Morgan fingerprint density at radius 3 is 2.38 bits per heavy atom. The normalized spacial score (nSPS) is 34.9. The monoisotopic (exact) mass is 354 g/mol. The van der Waals surface area contributed by atoms with Gasteiger partial charge < -0.3 is 14.0 Å². The van der Waals surface area contributed by atoms with E-state index in [0.29, 0.717) is 13.0 Å². The van der Waals surface area contributed by atoms with Gasteiger partial charge in [0.2, 0.25) is 0 Å². The van der Waals surface area contributed by atoms with Gasteiger partial charge in [0, 0.05) is 12.3 Å². The van der Waals surface area contributed by atoms with Crippen LogP contribution in [0.3, 0.4) is 0 Å². The molecule has 1 aromatic carbocycles. The molecule has 2 aliphatic heterocycles. The minimum atomic E-state index is -0.510. The highest BCUT2D eigenvalue weighted by atomic mass is 16.7. The van der Waals surface area contributed by atoms with Crippen LogP contribution in [0.1, 0.15) is 39.7 Å². The third kappa shape index (κ3) is 2.77. The highest BCUT2D eigenvalue weighted by Gasteiger charge is 2.56. The first kappa shape index (κ1) is 18.0. The number of carbonyl (C=O) groups is 1. The fourth-order valence-corrected chi connectivity index (χ4v) is 4.44. The largest absolute Gasteiger partial charge is 0.458 e. The van der Waals surface area contributed by atoms with E-state index in [2.05, 4.69) is 39.8 Å². The molecular weight excluding hydrogens is 327 g/mol. The quantitative estimate of drug-likeness (QED) is 0.776. The average molecular weight is 354 g/mol. The van der Waals surface area contributed by atoms with Crippen molar-refractivity contribution in [2.45, 2.75) is 57.2 Å². The Morgan fingerprint density at radius 1 is 1.08 bits per heavy atom. The van der Waals surface area contributed by atoms with Crippen LogP contribution in [0.4, 0.5) is 0 Å². The zero-order valence-corrected chi connectivity index (χ0v) is 16.0. The van der Waals surface area contributed by atoms with Gasteiger partial charge in [-0.05, 0) is 57.6 Å². The Balaban J connectivity index is 1.59. The van der Waals surface area contributed by atoms with Gasteiger partial charge in [-0.1, -0.05) is 30.3 Å². The van der Waals surface area contributed by atoms with Crippen LogP contribution < -0.4 is 0 Å². The number of hydrogen-bond acceptors (Lipinski definition) is 4. The van der Waals surface area contributed by atoms with Crippen LogP contribution in [0.5, 0.6) is 0 Å². The van der Waals surface area contributed by atoms with Crippen LogP contribution in [-0.2, 0) is 24.4 Å². The van der Waals surface area contributed by atoms with E-state index in [1.165, 1.54) is 0 Å². The topological polar surface area (TPSA) is 44.8 Å². The first-order valence-electron chi connectivity index (χ1n) is 9.51. The maximum Gasteiger partial charge on any atom is 0.458 e. The molecule has 0 radical (unpaired) electrons. The smallest absolute Gasteiger partial charge is 0.403 e. The van der Waals surface area contributed by atoms with E-state index >= 15 is 0 Å². The maximum atomic E-state index is 12.2. The molecule has 0 bridgehead atoms. The van der Waals surface area contributed by atoms with E-state index in [1.807, 2.05) is 24.3 Å². The number of allylic oxidation sites excluding steroid dienone is 1. The van der Waals surface area contributed by atoms with Gasteiger partial charge in [0.1, 0.15) is 5.60 Å². The summed E-state index contributed by atoms with van der Waals surface area (Å²) in [4.78, 5) is 12.2. The van der Waals surface area contributed by atoms with E-state index in [9.17, 15) is 4.79 Å². The average Bonchev–Trinajstić information content (AvgIpc) is 3.03. The summed E-state index contributed by atoms with van der Waals surface area (Å²) in [6.07, 6.45) is 4.90. The number of ketones is 1. The van der Waals surface area contributed by atoms with Gasteiger partial charge in [0.05, 0.1) is 17.8 Å². The van der Waals surface area contributed by atoms with Gasteiger partial charge in [-0.2, -0.15) is 0 Å². The second-order valence-electron chi connectivity index (χ2n) is 8.76. The molecule has 2 fully saturated rings. The predicted molar refractivity (Wildman–Crippen MR) is 101 cm³/mol. The van der Waals surface area contributed by atoms with Crippen molar-refractivity contribution in [3.63, 3.8) is 0 Å². The summed E-state index contributed by atoms with van der Waals surface area (Å²) >= 11 is 0. The highest BCUT2D eigenvalue weighted by molar-refractivity contribution is 6.45.